The Morgan fingerprint density at radius 3 is 2.18 bits per heavy atom. The Balaban J connectivity index is 1.68. The van der Waals surface area contributed by atoms with E-state index in [9.17, 15) is 9.59 Å². The van der Waals surface area contributed by atoms with Gasteiger partial charge in [0, 0.05) is 25.3 Å². The fourth-order valence-electron chi connectivity index (χ4n) is 2.66. The maximum atomic E-state index is 12.6. The topological polar surface area (TPSA) is 58.6 Å². The van der Waals surface area contributed by atoms with Crippen molar-refractivity contribution in [1.82, 2.24) is 4.90 Å². The SMILES string of the molecule is CN(C)C(=O)c1ccc(COc2ccccc2C(=O)Nc2ccccc2)cc1. The van der Waals surface area contributed by atoms with Gasteiger partial charge in [-0.25, -0.2) is 0 Å². The highest BCUT2D eigenvalue weighted by atomic mass is 16.5. The molecule has 0 aliphatic rings. The van der Waals surface area contributed by atoms with Crippen LogP contribution < -0.4 is 10.1 Å². The molecule has 3 rings (SSSR count). The molecule has 0 saturated heterocycles. The summed E-state index contributed by atoms with van der Waals surface area (Å²) in [5.74, 6) is 0.230. The zero-order valence-corrected chi connectivity index (χ0v) is 15.9. The number of carbonyl (C=O) groups excluding carboxylic acids is 2. The fourth-order valence-corrected chi connectivity index (χ4v) is 2.66. The first-order valence-corrected chi connectivity index (χ1v) is 8.93. The Labute approximate surface area is 164 Å². The molecule has 0 saturated carbocycles. The van der Waals surface area contributed by atoms with Gasteiger partial charge in [-0.3, -0.25) is 9.59 Å². The smallest absolute Gasteiger partial charge is 0.259 e. The standard InChI is InChI=1S/C23H22N2O3/c1-25(2)23(27)18-14-12-17(13-15-18)16-28-21-11-7-6-10-20(21)22(26)24-19-8-4-3-5-9-19/h3-15H,16H2,1-2H3,(H,24,26). The van der Waals surface area contributed by atoms with Gasteiger partial charge in [0.25, 0.3) is 11.8 Å². The molecule has 3 aromatic carbocycles. The van der Waals surface area contributed by atoms with Gasteiger partial charge in [0.1, 0.15) is 12.4 Å². The molecular formula is C23H22N2O3. The molecule has 142 valence electrons. The summed E-state index contributed by atoms with van der Waals surface area (Å²) < 4.78 is 5.87. The normalized spacial score (nSPS) is 10.2. The number of amides is 2. The van der Waals surface area contributed by atoms with E-state index in [0.29, 0.717) is 23.5 Å². The van der Waals surface area contributed by atoms with Gasteiger partial charge >= 0.3 is 0 Å². The summed E-state index contributed by atoms with van der Waals surface area (Å²) in [5.41, 5.74) is 2.72. The third-order valence-electron chi connectivity index (χ3n) is 4.16. The van der Waals surface area contributed by atoms with Crippen LogP contribution in [0.25, 0.3) is 0 Å². The van der Waals surface area contributed by atoms with E-state index in [1.165, 1.54) is 4.90 Å². The third kappa shape index (κ3) is 4.76. The van der Waals surface area contributed by atoms with Gasteiger partial charge in [-0.1, -0.05) is 42.5 Å². The van der Waals surface area contributed by atoms with E-state index in [1.807, 2.05) is 48.5 Å². The molecule has 2 amide bonds. The van der Waals surface area contributed by atoms with Gasteiger partial charge in [0.2, 0.25) is 0 Å². The predicted octanol–water partition coefficient (Wildman–Crippen LogP) is 4.22. The van der Waals surface area contributed by atoms with E-state index in [4.69, 9.17) is 4.74 Å². The van der Waals surface area contributed by atoms with Crippen LogP contribution in [-0.2, 0) is 6.61 Å². The van der Waals surface area contributed by atoms with E-state index in [-0.39, 0.29) is 11.8 Å². The number of carbonyl (C=O) groups is 2. The molecule has 0 heterocycles. The Hall–Kier alpha value is -3.60. The fraction of sp³-hybridized carbons (Fsp3) is 0.130. The van der Waals surface area contributed by atoms with Crippen molar-refractivity contribution in [2.24, 2.45) is 0 Å². The van der Waals surface area contributed by atoms with Crippen LogP contribution in [0.2, 0.25) is 0 Å². The van der Waals surface area contributed by atoms with Crippen LogP contribution in [-0.4, -0.2) is 30.8 Å². The second-order valence-corrected chi connectivity index (χ2v) is 6.50. The summed E-state index contributed by atoms with van der Waals surface area (Å²) in [7, 11) is 3.44. The number of hydrogen-bond acceptors (Lipinski definition) is 3. The average Bonchev–Trinajstić information content (AvgIpc) is 2.73. The van der Waals surface area contributed by atoms with Gasteiger partial charge in [-0.05, 0) is 42.0 Å². The second-order valence-electron chi connectivity index (χ2n) is 6.50. The number of para-hydroxylation sites is 2. The summed E-state index contributed by atoms with van der Waals surface area (Å²) in [6.45, 7) is 0.298. The number of ether oxygens (including phenoxy) is 1. The van der Waals surface area contributed by atoms with E-state index < -0.39 is 0 Å². The highest BCUT2D eigenvalue weighted by Gasteiger charge is 2.13. The molecule has 0 bridgehead atoms. The third-order valence-corrected chi connectivity index (χ3v) is 4.16. The number of rotatable bonds is 6. The molecule has 5 nitrogen and oxygen atoms in total. The molecule has 0 radical (unpaired) electrons. The molecule has 0 aliphatic heterocycles. The Bertz CT molecular complexity index is 951. The van der Waals surface area contributed by atoms with E-state index in [0.717, 1.165) is 11.3 Å². The second kappa shape index (κ2) is 8.86. The van der Waals surface area contributed by atoms with Crippen molar-refractivity contribution in [3.05, 3.63) is 95.6 Å². The maximum absolute atomic E-state index is 12.6. The first-order valence-electron chi connectivity index (χ1n) is 8.93. The molecule has 0 fully saturated rings. The molecule has 3 aromatic rings. The summed E-state index contributed by atoms with van der Waals surface area (Å²) in [6, 6.07) is 23.7. The van der Waals surface area contributed by atoms with Crippen LogP contribution in [0.3, 0.4) is 0 Å². The van der Waals surface area contributed by atoms with Crippen LogP contribution in [0.1, 0.15) is 26.3 Å². The van der Waals surface area contributed by atoms with Crippen molar-refractivity contribution in [3.8, 4) is 5.75 Å². The van der Waals surface area contributed by atoms with Gasteiger partial charge < -0.3 is 15.0 Å². The highest BCUT2D eigenvalue weighted by Crippen LogP contribution is 2.21. The summed E-state index contributed by atoms with van der Waals surface area (Å²) in [6.07, 6.45) is 0. The molecule has 0 atom stereocenters. The molecule has 0 spiro atoms. The molecule has 0 unspecified atom stereocenters. The number of nitrogens with zero attached hydrogens (tertiary/aromatic N) is 1. The summed E-state index contributed by atoms with van der Waals surface area (Å²) >= 11 is 0. The van der Waals surface area contributed by atoms with E-state index in [2.05, 4.69) is 5.32 Å². The first-order chi connectivity index (χ1) is 13.5. The Morgan fingerprint density at radius 1 is 0.857 bits per heavy atom. The molecular weight excluding hydrogens is 352 g/mol. The molecule has 28 heavy (non-hydrogen) atoms. The first kappa shape index (κ1) is 19.2. The lowest BCUT2D eigenvalue weighted by molar-refractivity contribution is 0.0827. The van der Waals surface area contributed by atoms with Crippen LogP contribution in [0.4, 0.5) is 5.69 Å². The lowest BCUT2D eigenvalue weighted by Crippen LogP contribution is -2.21. The van der Waals surface area contributed by atoms with E-state index >= 15 is 0 Å². The quantitative estimate of drug-likeness (QED) is 0.703. The molecule has 0 aliphatic carbocycles. The lowest BCUT2D eigenvalue weighted by Gasteiger charge is -2.13. The van der Waals surface area contributed by atoms with Crippen molar-refractivity contribution in [2.45, 2.75) is 6.61 Å². The maximum Gasteiger partial charge on any atom is 0.259 e. The van der Waals surface area contributed by atoms with Gasteiger partial charge in [-0.15, -0.1) is 0 Å². The number of nitrogens with one attached hydrogen (secondary N) is 1. The lowest BCUT2D eigenvalue weighted by atomic mass is 10.1. The van der Waals surface area contributed by atoms with Crippen LogP contribution >= 0.6 is 0 Å². The van der Waals surface area contributed by atoms with Crippen molar-refractivity contribution >= 4 is 17.5 Å². The van der Waals surface area contributed by atoms with Crippen molar-refractivity contribution in [3.63, 3.8) is 0 Å². The Morgan fingerprint density at radius 2 is 1.50 bits per heavy atom. The van der Waals surface area contributed by atoms with Crippen molar-refractivity contribution in [1.29, 1.82) is 0 Å². The highest BCUT2D eigenvalue weighted by molar-refractivity contribution is 6.06. The average molecular weight is 374 g/mol. The van der Waals surface area contributed by atoms with Gasteiger partial charge in [-0.2, -0.15) is 0 Å². The summed E-state index contributed by atoms with van der Waals surface area (Å²) in [5, 5.41) is 2.87. The Kier molecular flexibility index (Phi) is 6.07. The van der Waals surface area contributed by atoms with Crippen molar-refractivity contribution in [2.75, 3.05) is 19.4 Å². The predicted molar refractivity (Wildman–Crippen MR) is 110 cm³/mol. The van der Waals surface area contributed by atoms with Crippen LogP contribution in [0.15, 0.2) is 78.9 Å². The number of anilines is 1. The van der Waals surface area contributed by atoms with E-state index in [1.54, 1.807) is 44.4 Å². The molecule has 1 N–H and O–H groups in total. The van der Waals surface area contributed by atoms with Crippen LogP contribution in [0, 0.1) is 0 Å². The molecule has 5 heteroatoms. The monoisotopic (exact) mass is 374 g/mol. The summed E-state index contributed by atoms with van der Waals surface area (Å²) in [4.78, 5) is 26.1. The largest absolute Gasteiger partial charge is 0.488 e. The minimum Gasteiger partial charge on any atom is -0.488 e. The van der Waals surface area contributed by atoms with Crippen molar-refractivity contribution < 1.29 is 14.3 Å². The minimum atomic E-state index is -0.228. The van der Waals surface area contributed by atoms with Crippen LogP contribution in [0.5, 0.6) is 5.75 Å². The zero-order chi connectivity index (χ0) is 19.9. The minimum absolute atomic E-state index is 0.0459. The zero-order valence-electron chi connectivity index (χ0n) is 15.9. The number of hydrogen-bond donors (Lipinski definition) is 1. The van der Waals surface area contributed by atoms with Gasteiger partial charge in [0.05, 0.1) is 5.56 Å². The molecule has 0 aromatic heterocycles. The van der Waals surface area contributed by atoms with Gasteiger partial charge in [0.15, 0.2) is 0 Å². The number of benzene rings is 3.